The zero-order chi connectivity index (χ0) is 20.1. The lowest BCUT2D eigenvalue weighted by atomic mass is 9.90. The fourth-order valence-electron chi connectivity index (χ4n) is 3.54. The van der Waals surface area contributed by atoms with E-state index in [0.717, 1.165) is 19.3 Å². The van der Waals surface area contributed by atoms with Gasteiger partial charge in [0.2, 0.25) is 15.9 Å². The van der Waals surface area contributed by atoms with E-state index >= 15 is 0 Å². The third-order valence-corrected chi connectivity index (χ3v) is 6.93. The van der Waals surface area contributed by atoms with Crippen LogP contribution in [0.1, 0.15) is 25.3 Å². The summed E-state index contributed by atoms with van der Waals surface area (Å²) in [4.78, 5) is 14.6. The number of nitrogens with one attached hydrogen (secondary N) is 1. The fourth-order valence-corrected chi connectivity index (χ4v) is 4.87. The van der Waals surface area contributed by atoms with Gasteiger partial charge in [0.15, 0.2) is 0 Å². The minimum absolute atomic E-state index is 0.0955. The lowest BCUT2D eigenvalue weighted by Crippen LogP contribution is -2.49. The highest BCUT2D eigenvalue weighted by Gasteiger charge is 2.29. The highest BCUT2D eigenvalue weighted by molar-refractivity contribution is 7.89. The van der Waals surface area contributed by atoms with Crippen molar-refractivity contribution in [2.24, 2.45) is 5.92 Å². The molecule has 0 bridgehead atoms. The molecule has 0 aliphatic carbocycles. The van der Waals surface area contributed by atoms with Crippen molar-refractivity contribution in [3.63, 3.8) is 0 Å². The number of likely N-dealkylation sites (tertiary alicyclic amines) is 1. The van der Waals surface area contributed by atoms with Crippen molar-refractivity contribution in [3.05, 3.63) is 65.2 Å². The normalized spacial score (nSPS) is 16.7. The summed E-state index contributed by atoms with van der Waals surface area (Å²) < 4.78 is 27.4. The lowest BCUT2D eigenvalue weighted by Gasteiger charge is -2.33. The van der Waals surface area contributed by atoms with Crippen molar-refractivity contribution < 1.29 is 13.2 Å². The Morgan fingerprint density at radius 2 is 1.71 bits per heavy atom. The average molecular weight is 421 g/mol. The number of benzene rings is 2. The number of amides is 1. The Morgan fingerprint density at radius 1 is 1.11 bits per heavy atom. The monoisotopic (exact) mass is 420 g/mol. The smallest absolute Gasteiger partial charge is 0.241 e. The molecule has 0 radical (unpaired) electrons. The molecule has 0 saturated carbocycles. The van der Waals surface area contributed by atoms with Crippen LogP contribution in [0.15, 0.2) is 59.5 Å². The summed E-state index contributed by atoms with van der Waals surface area (Å²) in [6.07, 6.45) is 2.87. The minimum Gasteiger partial charge on any atom is -0.341 e. The Labute approximate surface area is 171 Å². The van der Waals surface area contributed by atoms with Gasteiger partial charge in [-0.15, -0.1) is 0 Å². The van der Waals surface area contributed by atoms with Crippen molar-refractivity contribution >= 4 is 27.5 Å². The van der Waals surface area contributed by atoms with Gasteiger partial charge in [-0.25, -0.2) is 8.42 Å². The molecule has 2 aromatic rings. The van der Waals surface area contributed by atoms with Gasteiger partial charge in [-0.1, -0.05) is 41.9 Å². The molecule has 1 atom stereocenters. The molecular weight excluding hydrogens is 396 g/mol. The van der Waals surface area contributed by atoms with Gasteiger partial charge in [0.05, 0.1) is 10.9 Å². The first-order valence-corrected chi connectivity index (χ1v) is 11.3. The molecule has 2 aromatic carbocycles. The van der Waals surface area contributed by atoms with Gasteiger partial charge < -0.3 is 4.90 Å². The number of halogens is 1. The van der Waals surface area contributed by atoms with Crippen molar-refractivity contribution in [1.29, 1.82) is 0 Å². The molecule has 28 heavy (non-hydrogen) atoms. The van der Waals surface area contributed by atoms with Gasteiger partial charge in [0.1, 0.15) is 0 Å². The maximum absolute atomic E-state index is 12.7. The second-order valence-electron chi connectivity index (χ2n) is 7.26. The van der Waals surface area contributed by atoms with Crippen LogP contribution in [0, 0.1) is 5.92 Å². The van der Waals surface area contributed by atoms with Gasteiger partial charge in [-0.2, -0.15) is 4.72 Å². The van der Waals surface area contributed by atoms with E-state index in [0.29, 0.717) is 24.0 Å². The maximum Gasteiger partial charge on any atom is 0.241 e. The maximum atomic E-state index is 12.7. The SMILES string of the molecule is C[C@H](NS(=O)(=O)c1ccc(Cl)cc1)C(=O)N1CCC(Cc2ccccc2)CC1. The molecule has 150 valence electrons. The van der Waals surface area contributed by atoms with Crippen molar-refractivity contribution in [1.82, 2.24) is 9.62 Å². The molecule has 1 amide bonds. The van der Waals surface area contributed by atoms with Crippen LogP contribution in [0.25, 0.3) is 0 Å². The Hall–Kier alpha value is -1.89. The third kappa shape index (κ3) is 5.34. The molecule has 0 aromatic heterocycles. The first-order valence-electron chi connectivity index (χ1n) is 9.46. The van der Waals surface area contributed by atoms with Crippen LogP contribution >= 0.6 is 11.6 Å². The predicted octanol–water partition coefficient (Wildman–Crippen LogP) is 3.49. The number of hydrogen-bond donors (Lipinski definition) is 1. The molecule has 1 N–H and O–H groups in total. The topological polar surface area (TPSA) is 66.5 Å². The van der Waals surface area contributed by atoms with E-state index in [9.17, 15) is 13.2 Å². The number of piperidine rings is 1. The molecular formula is C21H25ClN2O3S. The summed E-state index contributed by atoms with van der Waals surface area (Å²) >= 11 is 5.81. The lowest BCUT2D eigenvalue weighted by molar-refractivity contribution is -0.133. The standard InChI is InChI=1S/C21H25ClN2O3S/c1-16(23-28(26,27)20-9-7-19(22)8-10-20)21(25)24-13-11-18(12-14-24)15-17-5-3-2-4-6-17/h2-10,16,18,23H,11-15H2,1H3/t16-/m0/s1. The largest absolute Gasteiger partial charge is 0.341 e. The molecule has 1 heterocycles. The zero-order valence-corrected chi connectivity index (χ0v) is 17.4. The Bertz CT molecular complexity index is 893. The van der Waals surface area contributed by atoms with E-state index in [1.807, 2.05) is 18.2 Å². The van der Waals surface area contributed by atoms with Gasteiger partial charge in [-0.3, -0.25) is 4.79 Å². The number of hydrogen-bond acceptors (Lipinski definition) is 3. The number of carbonyl (C=O) groups is 1. The highest BCUT2D eigenvalue weighted by Crippen LogP contribution is 2.22. The van der Waals surface area contributed by atoms with Crippen LogP contribution in [-0.4, -0.2) is 38.4 Å². The molecule has 1 aliphatic heterocycles. The van der Waals surface area contributed by atoms with Crippen LogP contribution in [0.2, 0.25) is 5.02 Å². The van der Waals surface area contributed by atoms with Gasteiger partial charge in [-0.05, 0) is 61.9 Å². The molecule has 0 unspecified atom stereocenters. The van der Waals surface area contributed by atoms with Gasteiger partial charge >= 0.3 is 0 Å². The molecule has 1 aliphatic rings. The fraction of sp³-hybridized carbons (Fsp3) is 0.381. The average Bonchev–Trinajstić information content (AvgIpc) is 2.69. The quantitative estimate of drug-likeness (QED) is 0.777. The van der Waals surface area contributed by atoms with Gasteiger partial charge in [0.25, 0.3) is 0 Å². The second kappa shape index (κ2) is 9.07. The van der Waals surface area contributed by atoms with Crippen LogP contribution in [0.5, 0.6) is 0 Å². The van der Waals surface area contributed by atoms with E-state index in [1.54, 1.807) is 11.8 Å². The molecule has 1 fully saturated rings. The summed E-state index contributed by atoms with van der Waals surface area (Å²) in [5, 5.41) is 0.460. The van der Waals surface area contributed by atoms with Crippen LogP contribution in [0.3, 0.4) is 0 Å². The van der Waals surface area contributed by atoms with Crippen molar-refractivity contribution in [2.45, 2.75) is 37.1 Å². The van der Waals surface area contributed by atoms with Crippen molar-refractivity contribution in [3.8, 4) is 0 Å². The first-order chi connectivity index (χ1) is 13.3. The third-order valence-electron chi connectivity index (χ3n) is 5.12. The molecule has 5 nitrogen and oxygen atoms in total. The van der Waals surface area contributed by atoms with Crippen LogP contribution in [0.4, 0.5) is 0 Å². The predicted molar refractivity (Wildman–Crippen MR) is 111 cm³/mol. The van der Waals surface area contributed by atoms with Crippen LogP contribution in [-0.2, 0) is 21.2 Å². The number of rotatable bonds is 6. The number of carbonyl (C=O) groups excluding carboxylic acids is 1. The molecule has 1 saturated heterocycles. The second-order valence-corrected chi connectivity index (χ2v) is 9.41. The number of sulfonamides is 1. The minimum atomic E-state index is -3.77. The summed E-state index contributed by atoms with van der Waals surface area (Å²) in [6, 6.07) is 15.4. The Kier molecular flexibility index (Phi) is 6.75. The zero-order valence-electron chi connectivity index (χ0n) is 15.8. The Morgan fingerprint density at radius 3 is 2.32 bits per heavy atom. The van der Waals surface area contributed by atoms with Crippen molar-refractivity contribution in [2.75, 3.05) is 13.1 Å². The Balaban J connectivity index is 1.53. The first kappa shape index (κ1) is 20.8. The number of nitrogens with zero attached hydrogens (tertiary/aromatic N) is 1. The van der Waals surface area contributed by atoms with E-state index < -0.39 is 16.1 Å². The molecule has 0 spiro atoms. The van der Waals surface area contributed by atoms with Crippen LogP contribution < -0.4 is 4.72 Å². The molecule has 3 rings (SSSR count). The van der Waals surface area contributed by atoms with E-state index in [-0.39, 0.29) is 10.8 Å². The highest BCUT2D eigenvalue weighted by atomic mass is 35.5. The summed E-state index contributed by atoms with van der Waals surface area (Å²) in [7, 11) is -3.77. The summed E-state index contributed by atoms with van der Waals surface area (Å²) in [5.74, 6) is 0.364. The van der Waals surface area contributed by atoms with E-state index in [2.05, 4.69) is 16.9 Å². The van der Waals surface area contributed by atoms with Gasteiger partial charge in [0, 0.05) is 18.1 Å². The summed E-state index contributed by atoms with van der Waals surface area (Å²) in [6.45, 7) is 2.90. The molecule has 7 heteroatoms. The van der Waals surface area contributed by atoms with E-state index in [4.69, 9.17) is 11.6 Å². The summed E-state index contributed by atoms with van der Waals surface area (Å²) in [5.41, 5.74) is 1.32. The van der Waals surface area contributed by atoms with E-state index in [1.165, 1.54) is 29.8 Å².